The van der Waals surface area contributed by atoms with Crippen molar-refractivity contribution in [3.63, 3.8) is 0 Å². The fourth-order valence-electron chi connectivity index (χ4n) is 2.65. The van der Waals surface area contributed by atoms with Crippen LogP contribution in [0, 0.1) is 0 Å². The van der Waals surface area contributed by atoms with E-state index in [-0.39, 0.29) is 11.9 Å². The third-order valence-electron chi connectivity index (χ3n) is 4.03. The predicted molar refractivity (Wildman–Crippen MR) is 101 cm³/mol. The van der Waals surface area contributed by atoms with Gasteiger partial charge in [-0.3, -0.25) is 4.98 Å². The zero-order valence-electron chi connectivity index (χ0n) is 14.3. The molecule has 4 heteroatoms. The van der Waals surface area contributed by atoms with Crippen LogP contribution in [0.25, 0.3) is 28.4 Å². The van der Waals surface area contributed by atoms with Crippen LogP contribution in [0.1, 0.15) is 31.7 Å². The molecule has 1 unspecified atom stereocenters. The number of phenolic OH excluding ortho intramolecular Hbond substituents is 1. The number of unbranched alkanes of at least 4 members (excludes halogenated alkanes) is 1. The van der Waals surface area contributed by atoms with E-state index in [1.165, 1.54) is 0 Å². The van der Waals surface area contributed by atoms with Crippen LogP contribution in [0.4, 0.5) is 0 Å². The van der Waals surface area contributed by atoms with Gasteiger partial charge >= 0.3 is 0 Å². The van der Waals surface area contributed by atoms with Crippen molar-refractivity contribution in [3.8, 4) is 17.0 Å². The maximum absolute atomic E-state index is 9.38. The zero-order chi connectivity index (χ0) is 17.6. The topological polar surface area (TPSA) is 66.2 Å². The number of aliphatic hydroxyl groups excluding tert-OH is 1. The van der Waals surface area contributed by atoms with Gasteiger partial charge in [0.05, 0.1) is 29.0 Å². The first-order valence-corrected chi connectivity index (χ1v) is 8.52. The Balaban J connectivity index is 1.74. The van der Waals surface area contributed by atoms with Crippen LogP contribution in [-0.4, -0.2) is 26.3 Å². The quantitative estimate of drug-likeness (QED) is 0.648. The van der Waals surface area contributed by atoms with E-state index in [1.807, 2.05) is 37.3 Å². The Morgan fingerprint density at radius 2 is 1.88 bits per heavy atom. The lowest BCUT2D eigenvalue weighted by atomic mass is 10.1. The molecule has 0 aliphatic heterocycles. The average molecular weight is 334 g/mol. The minimum atomic E-state index is -0.230. The molecule has 2 aromatic carbocycles. The minimum absolute atomic E-state index is 0.230. The minimum Gasteiger partial charge on any atom is -0.508 e. The van der Waals surface area contributed by atoms with Gasteiger partial charge in [-0.2, -0.15) is 0 Å². The van der Waals surface area contributed by atoms with Crippen molar-refractivity contribution in [2.75, 3.05) is 0 Å². The lowest BCUT2D eigenvalue weighted by Crippen LogP contribution is -1.97. The van der Waals surface area contributed by atoms with Crippen molar-refractivity contribution in [1.29, 1.82) is 0 Å². The van der Waals surface area contributed by atoms with E-state index in [1.54, 1.807) is 18.3 Å². The third-order valence-corrected chi connectivity index (χ3v) is 4.03. The van der Waals surface area contributed by atoms with Crippen LogP contribution in [0.15, 0.2) is 54.7 Å². The summed E-state index contributed by atoms with van der Waals surface area (Å²) >= 11 is 0. The van der Waals surface area contributed by atoms with Crippen LogP contribution in [0.3, 0.4) is 0 Å². The van der Waals surface area contributed by atoms with E-state index >= 15 is 0 Å². The summed E-state index contributed by atoms with van der Waals surface area (Å²) in [4.78, 5) is 9.17. The summed E-state index contributed by atoms with van der Waals surface area (Å²) in [7, 11) is 0. The number of aromatic nitrogens is 2. The second kappa shape index (κ2) is 7.90. The van der Waals surface area contributed by atoms with Gasteiger partial charge in [0, 0.05) is 5.56 Å². The second-order valence-electron chi connectivity index (χ2n) is 6.23. The van der Waals surface area contributed by atoms with Crippen molar-refractivity contribution in [3.05, 3.63) is 60.3 Å². The molecule has 25 heavy (non-hydrogen) atoms. The highest BCUT2D eigenvalue weighted by atomic mass is 16.3. The lowest BCUT2D eigenvalue weighted by Gasteiger charge is -2.04. The maximum atomic E-state index is 9.38. The fourth-order valence-corrected chi connectivity index (χ4v) is 2.65. The van der Waals surface area contributed by atoms with Crippen LogP contribution in [0.2, 0.25) is 0 Å². The molecule has 1 aromatic heterocycles. The molecule has 0 spiro atoms. The Morgan fingerprint density at radius 3 is 2.64 bits per heavy atom. The number of phenols is 1. The third kappa shape index (κ3) is 4.64. The van der Waals surface area contributed by atoms with Crippen molar-refractivity contribution in [2.45, 2.75) is 32.3 Å². The molecule has 0 fully saturated rings. The molecular weight excluding hydrogens is 312 g/mol. The van der Waals surface area contributed by atoms with Crippen molar-refractivity contribution >= 4 is 17.1 Å². The molecule has 128 valence electrons. The van der Waals surface area contributed by atoms with E-state index < -0.39 is 0 Å². The van der Waals surface area contributed by atoms with Gasteiger partial charge in [0.15, 0.2) is 0 Å². The van der Waals surface area contributed by atoms with Gasteiger partial charge in [-0.05, 0) is 68.1 Å². The highest BCUT2D eigenvalue weighted by molar-refractivity contribution is 5.79. The lowest BCUT2D eigenvalue weighted by molar-refractivity contribution is 0.182. The van der Waals surface area contributed by atoms with Crippen LogP contribution in [0.5, 0.6) is 5.75 Å². The molecule has 0 radical (unpaired) electrons. The Hall–Kier alpha value is -2.72. The van der Waals surface area contributed by atoms with Crippen molar-refractivity contribution < 1.29 is 10.2 Å². The second-order valence-corrected chi connectivity index (χ2v) is 6.23. The van der Waals surface area contributed by atoms with Gasteiger partial charge in [0.25, 0.3) is 0 Å². The van der Waals surface area contributed by atoms with E-state index in [4.69, 9.17) is 0 Å². The molecule has 4 nitrogen and oxygen atoms in total. The van der Waals surface area contributed by atoms with E-state index in [9.17, 15) is 10.2 Å². The normalized spacial score (nSPS) is 12.7. The molecule has 0 aliphatic carbocycles. The number of hydrogen-bond acceptors (Lipinski definition) is 4. The maximum Gasteiger partial charge on any atom is 0.115 e. The molecule has 1 heterocycles. The molecule has 0 saturated carbocycles. The van der Waals surface area contributed by atoms with E-state index in [2.05, 4.69) is 22.1 Å². The highest BCUT2D eigenvalue weighted by Crippen LogP contribution is 2.22. The van der Waals surface area contributed by atoms with Gasteiger partial charge in [-0.15, -0.1) is 0 Å². The first-order valence-electron chi connectivity index (χ1n) is 8.52. The van der Waals surface area contributed by atoms with Gasteiger partial charge in [-0.1, -0.05) is 18.2 Å². The van der Waals surface area contributed by atoms with Gasteiger partial charge < -0.3 is 10.2 Å². The number of benzene rings is 2. The summed E-state index contributed by atoms with van der Waals surface area (Å²) in [6, 6.07) is 13.0. The highest BCUT2D eigenvalue weighted by Gasteiger charge is 2.03. The van der Waals surface area contributed by atoms with E-state index in [0.29, 0.717) is 0 Å². The molecule has 0 saturated heterocycles. The van der Waals surface area contributed by atoms with Gasteiger partial charge in [0.1, 0.15) is 5.75 Å². The summed E-state index contributed by atoms with van der Waals surface area (Å²) in [5.74, 6) is 0.238. The molecular formula is C21H22N2O2. The summed E-state index contributed by atoms with van der Waals surface area (Å²) in [6.07, 6.45) is 8.50. The van der Waals surface area contributed by atoms with Crippen molar-refractivity contribution in [2.24, 2.45) is 0 Å². The van der Waals surface area contributed by atoms with Gasteiger partial charge in [0.2, 0.25) is 0 Å². The molecule has 0 amide bonds. The molecule has 3 aromatic rings. The first-order chi connectivity index (χ1) is 12.1. The summed E-state index contributed by atoms with van der Waals surface area (Å²) in [5, 5.41) is 18.6. The SMILES string of the molecule is CC(O)CCCC=Cc1ccc2nc(-c3ccc(O)cc3)cnc2c1. The first kappa shape index (κ1) is 17.1. The van der Waals surface area contributed by atoms with Crippen LogP contribution < -0.4 is 0 Å². The number of allylic oxidation sites excluding steroid dienone is 1. The summed E-state index contributed by atoms with van der Waals surface area (Å²) in [6.45, 7) is 1.82. The summed E-state index contributed by atoms with van der Waals surface area (Å²) < 4.78 is 0. The number of hydrogen-bond donors (Lipinski definition) is 2. The standard InChI is InChI=1S/C21H22N2O2/c1-15(24)5-3-2-4-6-16-7-12-19-20(13-16)22-14-21(23-19)17-8-10-18(25)11-9-17/h4,6-15,24-25H,2-3,5H2,1H3. The Morgan fingerprint density at radius 1 is 1.08 bits per heavy atom. The predicted octanol–water partition coefficient (Wildman–Crippen LogP) is 4.57. The molecule has 3 rings (SSSR count). The Bertz CT molecular complexity index is 871. The molecule has 1 atom stereocenters. The number of rotatable bonds is 6. The summed E-state index contributed by atoms with van der Waals surface area (Å²) in [5.41, 5.74) is 4.50. The molecule has 0 bridgehead atoms. The number of aromatic hydroxyl groups is 1. The molecule has 0 aliphatic rings. The van der Waals surface area contributed by atoms with Crippen LogP contribution in [-0.2, 0) is 0 Å². The Labute approximate surface area is 147 Å². The average Bonchev–Trinajstić information content (AvgIpc) is 2.61. The zero-order valence-corrected chi connectivity index (χ0v) is 14.3. The molecule has 2 N–H and O–H groups in total. The Kier molecular flexibility index (Phi) is 5.41. The smallest absolute Gasteiger partial charge is 0.115 e. The fraction of sp³-hybridized carbons (Fsp3) is 0.238. The van der Waals surface area contributed by atoms with E-state index in [0.717, 1.165) is 47.1 Å². The van der Waals surface area contributed by atoms with Crippen molar-refractivity contribution in [1.82, 2.24) is 9.97 Å². The monoisotopic (exact) mass is 334 g/mol. The number of fused-ring (bicyclic) bond motifs is 1. The van der Waals surface area contributed by atoms with Crippen LogP contribution >= 0.6 is 0 Å². The van der Waals surface area contributed by atoms with Gasteiger partial charge in [-0.25, -0.2) is 4.98 Å². The number of nitrogens with zero attached hydrogens (tertiary/aromatic N) is 2. The largest absolute Gasteiger partial charge is 0.508 e. The number of aliphatic hydroxyl groups is 1.